The van der Waals surface area contributed by atoms with Crippen molar-refractivity contribution in [1.29, 1.82) is 0 Å². The molecule has 1 heterocycles. The standard InChI is InChI=1S/C10H9F3N2O6/c1-2-20-8(16)3-5-7(21-10(11,12)13)4-6(15(18)19)9(17)14-5/h4H,2-3H2,1H3,(H,14,17). The van der Waals surface area contributed by atoms with Crippen LogP contribution >= 0.6 is 0 Å². The summed E-state index contributed by atoms with van der Waals surface area (Å²) < 4.78 is 44.8. The number of esters is 1. The largest absolute Gasteiger partial charge is 0.573 e. The van der Waals surface area contributed by atoms with Crippen molar-refractivity contribution in [2.75, 3.05) is 6.61 Å². The van der Waals surface area contributed by atoms with Gasteiger partial charge in [0.25, 0.3) is 0 Å². The molecule has 0 aliphatic carbocycles. The Morgan fingerprint density at radius 3 is 2.57 bits per heavy atom. The Kier molecular flexibility index (Phi) is 4.89. The highest BCUT2D eigenvalue weighted by Gasteiger charge is 2.34. The molecule has 0 bridgehead atoms. The molecule has 1 rings (SSSR count). The second kappa shape index (κ2) is 6.24. The maximum absolute atomic E-state index is 12.2. The van der Waals surface area contributed by atoms with Crippen LogP contribution in [-0.2, 0) is 16.0 Å². The Hall–Kier alpha value is -2.59. The third kappa shape index (κ3) is 4.78. The van der Waals surface area contributed by atoms with Gasteiger partial charge in [-0.25, -0.2) is 0 Å². The zero-order valence-corrected chi connectivity index (χ0v) is 10.5. The molecule has 1 aromatic heterocycles. The lowest BCUT2D eigenvalue weighted by molar-refractivity contribution is -0.386. The smallest absolute Gasteiger partial charge is 0.466 e. The topological polar surface area (TPSA) is 112 Å². The van der Waals surface area contributed by atoms with Crippen LogP contribution in [0.1, 0.15) is 12.6 Å². The number of pyridine rings is 1. The monoisotopic (exact) mass is 310 g/mol. The molecule has 116 valence electrons. The number of nitro groups is 1. The first kappa shape index (κ1) is 16.5. The maximum atomic E-state index is 12.2. The molecule has 0 aliphatic heterocycles. The fraction of sp³-hybridized carbons (Fsp3) is 0.400. The van der Waals surface area contributed by atoms with Crippen molar-refractivity contribution in [3.8, 4) is 5.75 Å². The summed E-state index contributed by atoms with van der Waals surface area (Å²) in [6.07, 6.45) is -5.87. The number of aromatic amines is 1. The molecule has 0 spiro atoms. The van der Waals surface area contributed by atoms with Crippen LogP contribution in [-0.4, -0.2) is 28.8 Å². The number of halogens is 3. The number of hydrogen-bond donors (Lipinski definition) is 1. The highest BCUT2D eigenvalue weighted by atomic mass is 19.4. The van der Waals surface area contributed by atoms with E-state index in [1.807, 2.05) is 4.98 Å². The number of alkyl halides is 3. The van der Waals surface area contributed by atoms with E-state index in [4.69, 9.17) is 0 Å². The number of hydrogen-bond acceptors (Lipinski definition) is 6. The van der Waals surface area contributed by atoms with Crippen LogP contribution in [0.5, 0.6) is 5.75 Å². The summed E-state index contributed by atoms with van der Waals surface area (Å²) in [5.41, 5.74) is -2.96. The van der Waals surface area contributed by atoms with E-state index in [9.17, 15) is 32.9 Å². The molecule has 0 unspecified atom stereocenters. The third-order valence-corrected chi connectivity index (χ3v) is 2.11. The van der Waals surface area contributed by atoms with Gasteiger partial charge >= 0.3 is 23.6 Å². The predicted octanol–water partition coefficient (Wildman–Crippen LogP) is 1.29. The van der Waals surface area contributed by atoms with Gasteiger partial charge in [0.05, 0.1) is 29.7 Å². The number of nitrogens with zero attached hydrogens (tertiary/aromatic N) is 1. The Morgan fingerprint density at radius 2 is 2.10 bits per heavy atom. The van der Waals surface area contributed by atoms with E-state index in [0.29, 0.717) is 6.07 Å². The van der Waals surface area contributed by atoms with Gasteiger partial charge in [0.2, 0.25) is 0 Å². The number of rotatable bonds is 5. The maximum Gasteiger partial charge on any atom is 0.573 e. The van der Waals surface area contributed by atoms with Crippen LogP contribution in [0.15, 0.2) is 10.9 Å². The quantitative estimate of drug-likeness (QED) is 0.498. The van der Waals surface area contributed by atoms with Gasteiger partial charge < -0.3 is 14.5 Å². The van der Waals surface area contributed by atoms with Crippen molar-refractivity contribution in [3.05, 3.63) is 32.2 Å². The van der Waals surface area contributed by atoms with Crippen LogP contribution < -0.4 is 10.3 Å². The highest BCUT2D eigenvalue weighted by Crippen LogP contribution is 2.27. The fourth-order valence-electron chi connectivity index (χ4n) is 1.38. The molecule has 0 fully saturated rings. The van der Waals surface area contributed by atoms with E-state index >= 15 is 0 Å². The summed E-state index contributed by atoms with van der Waals surface area (Å²) in [6, 6.07) is 0.306. The molecule has 0 amide bonds. The molecule has 0 radical (unpaired) electrons. The minimum absolute atomic E-state index is 0.0223. The summed E-state index contributed by atoms with van der Waals surface area (Å²) in [5.74, 6) is -1.96. The fourth-order valence-corrected chi connectivity index (χ4v) is 1.38. The zero-order chi connectivity index (χ0) is 16.2. The van der Waals surface area contributed by atoms with Crippen molar-refractivity contribution < 1.29 is 32.4 Å². The summed E-state index contributed by atoms with van der Waals surface area (Å²) in [5, 5.41) is 10.5. The second-order valence-corrected chi connectivity index (χ2v) is 3.61. The molecule has 21 heavy (non-hydrogen) atoms. The molecular weight excluding hydrogens is 301 g/mol. The van der Waals surface area contributed by atoms with Gasteiger partial charge in [0.15, 0.2) is 5.75 Å². The van der Waals surface area contributed by atoms with Crippen molar-refractivity contribution in [2.24, 2.45) is 0 Å². The van der Waals surface area contributed by atoms with E-state index in [1.165, 1.54) is 6.92 Å². The minimum Gasteiger partial charge on any atom is -0.466 e. The van der Waals surface area contributed by atoms with E-state index in [-0.39, 0.29) is 6.61 Å². The highest BCUT2D eigenvalue weighted by molar-refractivity contribution is 5.73. The van der Waals surface area contributed by atoms with Gasteiger partial charge in [-0.15, -0.1) is 13.2 Å². The van der Waals surface area contributed by atoms with Crippen LogP contribution in [0.25, 0.3) is 0 Å². The number of ether oxygens (including phenoxy) is 2. The normalized spacial score (nSPS) is 11.0. The van der Waals surface area contributed by atoms with Crippen LogP contribution in [0, 0.1) is 10.1 Å². The Bertz CT molecular complexity index is 610. The van der Waals surface area contributed by atoms with Crippen molar-refractivity contribution in [1.82, 2.24) is 4.98 Å². The second-order valence-electron chi connectivity index (χ2n) is 3.61. The van der Waals surface area contributed by atoms with E-state index in [0.717, 1.165) is 0 Å². The van der Waals surface area contributed by atoms with Crippen molar-refractivity contribution in [3.63, 3.8) is 0 Å². The molecule has 0 saturated carbocycles. The van der Waals surface area contributed by atoms with Gasteiger partial charge in [-0.05, 0) is 6.92 Å². The summed E-state index contributed by atoms with van der Waals surface area (Å²) in [7, 11) is 0. The van der Waals surface area contributed by atoms with Gasteiger partial charge in [0, 0.05) is 0 Å². The minimum atomic E-state index is -5.14. The first-order valence-electron chi connectivity index (χ1n) is 5.46. The Labute approximate surface area is 114 Å². The molecule has 1 aromatic rings. The Balaban J connectivity index is 3.26. The third-order valence-electron chi connectivity index (χ3n) is 2.11. The summed E-state index contributed by atoms with van der Waals surface area (Å²) in [4.78, 5) is 33.8. The molecular formula is C10H9F3N2O6. The van der Waals surface area contributed by atoms with Crippen molar-refractivity contribution >= 4 is 11.7 Å². The van der Waals surface area contributed by atoms with Crippen LogP contribution in [0.2, 0.25) is 0 Å². The molecule has 8 nitrogen and oxygen atoms in total. The van der Waals surface area contributed by atoms with Crippen molar-refractivity contribution in [2.45, 2.75) is 19.7 Å². The molecule has 11 heteroatoms. The number of H-pyrrole nitrogens is 1. The summed E-state index contributed by atoms with van der Waals surface area (Å²) >= 11 is 0. The van der Waals surface area contributed by atoms with E-state index in [2.05, 4.69) is 9.47 Å². The van der Waals surface area contributed by atoms with Gasteiger partial charge in [-0.1, -0.05) is 0 Å². The lowest BCUT2D eigenvalue weighted by Gasteiger charge is -2.12. The SMILES string of the molecule is CCOC(=O)Cc1[nH]c(=O)c([N+](=O)[O-])cc1OC(F)(F)F. The Morgan fingerprint density at radius 1 is 1.48 bits per heavy atom. The number of carbonyl (C=O) groups is 1. The number of carbonyl (C=O) groups excluding carboxylic acids is 1. The number of nitrogens with one attached hydrogen (secondary N) is 1. The molecule has 0 atom stereocenters. The number of aromatic nitrogens is 1. The first-order chi connectivity index (χ1) is 9.64. The van der Waals surface area contributed by atoms with Crippen LogP contribution in [0.4, 0.5) is 18.9 Å². The van der Waals surface area contributed by atoms with Gasteiger partial charge in [0.1, 0.15) is 0 Å². The molecule has 0 saturated heterocycles. The van der Waals surface area contributed by atoms with Crippen LogP contribution in [0.3, 0.4) is 0 Å². The first-order valence-corrected chi connectivity index (χ1v) is 5.46. The average Bonchev–Trinajstić information content (AvgIpc) is 2.30. The van der Waals surface area contributed by atoms with E-state index < -0.39 is 46.4 Å². The summed E-state index contributed by atoms with van der Waals surface area (Å²) in [6.45, 7) is 1.45. The molecule has 0 aliphatic rings. The lowest BCUT2D eigenvalue weighted by atomic mass is 10.2. The lowest BCUT2D eigenvalue weighted by Crippen LogP contribution is -2.23. The van der Waals surface area contributed by atoms with Gasteiger partial charge in [-0.3, -0.25) is 19.7 Å². The average molecular weight is 310 g/mol. The zero-order valence-electron chi connectivity index (χ0n) is 10.5. The van der Waals surface area contributed by atoms with E-state index in [1.54, 1.807) is 0 Å². The van der Waals surface area contributed by atoms with Gasteiger partial charge in [-0.2, -0.15) is 0 Å². The molecule has 0 aromatic carbocycles. The predicted molar refractivity (Wildman–Crippen MR) is 60.7 cm³/mol. The molecule has 1 N–H and O–H groups in total.